The van der Waals surface area contributed by atoms with Gasteiger partial charge in [-0.25, -0.2) is 4.39 Å². The standard InChI is InChI=1S/C23H23FN4O3S/c1-15-3-6-18(22(30)28-11-9-27(10-12-28)16(2)29)14-20(15)31-23-25-21(26-32-23)13-17-4-7-19(24)8-5-17/h3-8,14H,9-13H2,1-2H3. The van der Waals surface area contributed by atoms with Crippen molar-refractivity contribution in [1.29, 1.82) is 0 Å². The summed E-state index contributed by atoms with van der Waals surface area (Å²) in [5.41, 5.74) is 2.31. The first-order valence-corrected chi connectivity index (χ1v) is 11.1. The van der Waals surface area contributed by atoms with Gasteiger partial charge in [-0.05, 0) is 42.3 Å². The Morgan fingerprint density at radius 3 is 2.44 bits per heavy atom. The molecule has 1 aliphatic heterocycles. The lowest BCUT2D eigenvalue weighted by Gasteiger charge is -2.34. The Kier molecular flexibility index (Phi) is 6.45. The molecular formula is C23H23FN4O3S. The molecule has 166 valence electrons. The quantitative estimate of drug-likeness (QED) is 0.588. The zero-order valence-electron chi connectivity index (χ0n) is 17.9. The van der Waals surface area contributed by atoms with E-state index < -0.39 is 0 Å². The summed E-state index contributed by atoms with van der Waals surface area (Å²) in [6.07, 6.45) is 0.476. The lowest BCUT2D eigenvalue weighted by Crippen LogP contribution is -2.50. The van der Waals surface area contributed by atoms with Crippen LogP contribution in [0.25, 0.3) is 0 Å². The number of carbonyl (C=O) groups is 2. The number of aromatic nitrogens is 2. The normalized spacial score (nSPS) is 13.8. The van der Waals surface area contributed by atoms with Crippen molar-refractivity contribution in [3.05, 3.63) is 70.8 Å². The van der Waals surface area contributed by atoms with E-state index in [0.717, 1.165) is 22.7 Å². The summed E-state index contributed by atoms with van der Waals surface area (Å²) in [6.45, 7) is 5.53. The fourth-order valence-electron chi connectivity index (χ4n) is 3.48. The maximum atomic E-state index is 13.1. The molecule has 3 aromatic rings. The fourth-order valence-corrected chi connectivity index (χ4v) is 4.04. The van der Waals surface area contributed by atoms with Gasteiger partial charge in [0.15, 0.2) is 5.82 Å². The van der Waals surface area contributed by atoms with Gasteiger partial charge in [-0.2, -0.15) is 9.36 Å². The number of ether oxygens (including phenoxy) is 1. The Balaban J connectivity index is 1.43. The van der Waals surface area contributed by atoms with Gasteiger partial charge >= 0.3 is 0 Å². The van der Waals surface area contributed by atoms with E-state index in [2.05, 4.69) is 9.36 Å². The maximum absolute atomic E-state index is 13.1. The summed E-state index contributed by atoms with van der Waals surface area (Å²) < 4.78 is 23.3. The van der Waals surface area contributed by atoms with Gasteiger partial charge in [-0.1, -0.05) is 18.2 Å². The molecule has 0 N–H and O–H groups in total. The number of aryl methyl sites for hydroxylation is 1. The van der Waals surface area contributed by atoms with E-state index in [1.54, 1.807) is 41.0 Å². The van der Waals surface area contributed by atoms with Gasteiger partial charge in [0.2, 0.25) is 5.91 Å². The van der Waals surface area contributed by atoms with Crippen molar-refractivity contribution >= 4 is 23.3 Å². The van der Waals surface area contributed by atoms with Crippen molar-refractivity contribution < 1.29 is 18.7 Å². The highest BCUT2D eigenvalue weighted by Gasteiger charge is 2.24. The molecule has 1 aromatic heterocycles. The van der Waals surface area contributed by atoms with Crippen molar-refractivity contribution in [1.82, 2.24) is 19.2 Å². The molecule has 0 saturated carbocycles. The molecule has 0 radical (unpaired) electrons. The lowest BCUT2D eigenvalue weighted by atomic mass is 10.1. The van der Waals surface area contributed by atoms with Crippen LogP contribution in [0.5, 0.6) is 10.9 Å². The monoisotopic (exact) mass is 454 g/mol. The van der Waals surface area contributed by atoms with Crippen LogP contribution in [0.4, 0.5) is 4.39 Å². The highest BCUT2D eigenvalue weighted by atomic mass is 32.1. The zero-order valence-corrected chi connectivity index (χ0v) is 18.7. The second-order valence-electron chi connectivity index (χ2n) is 7.66. The van der Waals surface area contributed by atoms with Gasteiger partial charge in [0.05, 0.1) is 0 Å². The van der Waals surface area contributed by atoms with Crippen LogP contribution in [0, 0.1) is 12.7 Å². The molecule has 2 aromatic carbocycles. The minimum atomic E-state index is -0.283. The van der Waals surface area contributed by atoms with Crippen molar-refractivity contribution in [2.75, 3.05) is 26.2 Å². The van der Waals surface area contributed by atoms with E-state index in [9.17, 15) is 14.0 Å². The largest absolute Gasteiger partial charge is 0.430 e. The van der Waals surface area contributed by atoms with Gasteiger partial charge in [0, 0.05) is 56.6 Å². The number of benzene rings is 2. The van der Waals surface area contributed by atoms with Crippen LogP contribution < -0.4 is 4.74 Å². The first kappa shape index (κ1) is 21.9. The second kappa shape index (κ2) is 9.44. The highest BCUT2D eigenvalue weighted by Crippen LogP contribution is 2.28. The third-order valence-corrected chi connectivity index (χ3v) is 6.00. The molecule has 0 unspecified atom stereocenters. The molecule has 2 heterocycles. The molecule has 4 rings (SSSR count). The van der Waals surface area contributed by atoms with Gasteiger partial charge in [-0.3, -0.25) is 9.59 Å². The minimum absolute atomic E-state index is 0.0268. The van der Waals surface area contributed by atoms with Crippen molar-refractivity contribution in [2.24, 2.45) is 0 Å². The van der Waals surface area contributed by atoms with Crippen LogP contribution in [-0.2, 0) is 11.2 Å². The molecule has 0 aliphatic carbocycles. The average Bonchev–Trinajstić information content (AvgIpc) is 3.23. The predicted molar refractivity (Wildman–Crippen MR) is 119 cm³/mol. The number of rotatable bonds is 5. The Bertz CT molecular complexity index is 1120. The maximum Gasteiger partial charge on any atom is 0.298 e. The lowest BCUT2D eigenvalue weighted by molar-refractivity contribution is -0.130. The molecule has 0 atom stereocenters. The van der Waals surface area contributed by atoms with Gasteiger partial charge < -0.3 is 14.5 Å². The first-order valence-electron chi connectivity index (χ1n) is 10.3. The Morgan fingerprint density at radius 1 is 1.06 bits per heavy atom. The number of nitrogens with zero attached hydrogens (tertiary/aromatic N) is 4. The SMILES string of the molecule is CC(=O)N1CCN(C(=O)c2ccc(C)c(Oc3nc(Cc4ccc(F)cc4)ns3)c2)CC1. The van der Waals surface area contributed by atoms with E-state index in [4.69, 9.17) is 4.74 Å². The topological polar surface area (TPSA) is 75.6 Å². The van der Waals surface area contributed by atoms with Gasteiger partial charge in [-0.15, -0.1) is 0 Å². The van der Waals surface area contributed by atoms with E-state index in [0.29, 0.717) is 54.9 Å². The minimum Gasteiger partial charge on any atom is -0.430 e. The molecule has 1 fully saturated rings. The molecule has 0 spiro atoms. The molecule has 1 saturated heterocycles. The Morgan fingerprint density at radius 2 is 1.75 bits per heavy atom. The first-order chi connectivity index (χ1) is 15.4. The third-order valence-electron chi connectivity index (χ3n) is 5.37. The number of amides is 2. The summed E-state index contributed by atoms with van der Waals surface area (Å²) in [5, 5.41) is 0.380. The molecule has 32 heavy (non-hydrogen) atoms. The number of hydrogen-bond acceptors (Lipinski definition) is 6. The van der Waals surface area contributed by atoms with E-state index in [1.165, 1.54) is 12.1 Å². The summed E-state index contributed by atoms with van der Waals surface area (Å²) in [7, 11) is 0. The molecular weight excluding hydrogens is 431 g/mol. The summed E-state index contributed by atoms with van der Waals surface area (Å²) >= 11 is 1.13. The van der Waals surface area contributed by atoms with E-state index in [1.807, 2.05) is 13.0 Å². The zero-order chi connectivity index (χ0) is 22.7. The van der Waals surface area contributed by atoms with Crippen LogP contribution >= 0.6 is 11.5 Å². The van der Waals surface area contributed by atoms with Crippen LogP contribution in [0.1, 0.15) is 34.2 Å². The van der Waals surface area contributed by atoms with Gasteiger partial charge in [0.1, 0.15) is 11.6 Å². The average molecular weight is 455 g/mol. The summed E-state index contributed by atoms with van der Waals surface area (Å²) in [4.78, 5) is 32.3. The van der Waals surface area contributed by atoms with E-state index in [-0.39, 0.29) is 17.6 Å². The Labute approximate surface area is 189 Å². The molecule has 1 aliphatic rings. The Hall–Kier alpha value is -3.33. The van der Waals surface area contributed by atoms with E-state index >= 15 is 0 Å². The molecule has 2 amide bonds. The molecule has 9 heteroatoms. The summed E-state index contributed by atoms with van der Waals surface area (Å²) in [5.74, 6) is 0.786. The van der Waals surface area contributed by atoms with Crippen molar-refractivity contribution in [2.45, 2.75) is 20.3 Å². The number of halogens is 1. The van der Waals surface area contributed by atoms with Crippen LogP contribution in [0.3, 0.4) is 0 Å². The number of piperazine rings is 1. The fraction of sp³-hybridized carbons (Fsp3) is 0.304. The third kappa shape index (κ3) is 5.11. The highest BCUT2D eigenvalue weighted by molar-refractivity contribution is 7.07. The smallest absolute Gasteiger partial charge is 0.298 e. The predicted octanol–water partition coefficient (Wildman–Crippen LogP) is 3.67. The molecule has 7 nitrogen and oxygen atoms in total. The van der Waals surface area contributed by atoms with Crippen LogP contribution in [-0.4, -0.2) is 57.2 Å². The summed E-state index contributed by atoms with van der Waals surface area (Å²) in [6, 6.07) is 11.6. The molecule has 0 bridgehead atoms. The van der Waals surface area contributed by atoms with Gasteiger partial charge in [0.25, 0.3) is 11.1 Å². The number of carbonyl (C=O) groups excluding carboxylic acids is 2. The van der Waals surface area contributed by atoms with Crippen molar-refractivity contribution in [3.63, 3.8) is 0 Å². The second-order valence-corrected chi connectivity index (χ2v) is 8.37. The van der Waals surface area contributed by atoms with Crippen LogP contribution in [0.15, 0.2) is 42.5 Å². The van der Waals surface area contributed by atoms with Crippen molar-refractivity contribution in [3.8, 4) is 10.9 Å². The van der Waals surface area contributed by atoms with Crippen LogP contribution in [0.2, 0.25) is 0 Å². The number of hydrogen-bond donors (Lipinski definition) is 0.